The van der Waals surface area contributed by atoms with E-state index in [0.29, 0.717) is 44.4 Å². The number of nitrogens with two attached hydrogens (primary N) is 3. The van der Waals surface area contributed by atoms with Gasteiger partial charge in [0.05, 0.1) is 25.3 Å². The second-order valence-corrected chi connectivity index (χ2v) is 33.2. The van der Waals surface area contributed by atoms with E-state index in [2.05, 4.69) is 79.8 Å². The summed E-state index contributed by atoms with van der Waals surface area (Å²) in [5.74, 6) is -14.9. The third-order valence-electron chi connectivity index (χ3n) is 18.0. The van der Waals surface area contributed by atoms with E-state index < -0.39 is 210 Å². The Hall–Kier alpha value is -8.33. The van der Waals surface area contributed by atoms with Gasteiger partial charge in [-0.1, -0.05) is 96.9 Å². The SMILES string of the molecule is CSCC[C@H](N)C(=O)N[C@@H](CCCCN)C(=O)N[C@@H](CC(C)C)C(=O)N[C@@H](CCCCN)C(=O)N[C@H](C(=O)N[C@@H](CC(C)C)C(=O)N[C@@H](C)C(=O)N[C@@H](CC(C)C)C(=O)N[C@@H](CO)C(=O)N[C@@H](CC(C)C)C(=O)N[C@@H](CC(C)C)C(=O)N[C@@H](C)C(=O)N[C@@H](C)C(=O)NCC(=O)N[C@H](C(=O)N[C@@H](CC(C)C)C(=O)O)C(C)C)[C@@H](C)O. The van der Waals surface area contributed by atoms with Crippen LogP contribution in [-0.4, -0.2) is 245 Å². The van der Waals surface area contributed by atoms with E-state index in [1.54, 1.807) is 83.1 Å². The molecule has 114 heavy (non-hydrogen) atoms. The summed E-state index contributed by atoms with van der Waals surface area (Å²) in [6.45, 7) is 28.5. The van der Waals surface area contributed by atoms with E-state index in [9.17, 15) is 92.0 Å². The molecule has 0 aromatic rings. The summed E-state index contributed by atoms with van der Waals surface area (Å²) in [6.07, 6.45) is 2.77. The molecule has 0 aromatic carbocycles. The van der Waals surface area contributed by atoms with Gasteiger partial charge in [0.2, 0.25) is 88.6 Å². The van der Waals surface area contributed by atoms with Crippen molar-refractivity contribution in [1.82, 2.24) is 79.8 Å². The van der Waals surface area contributed by atoms with Crippen LogP contribution in [0.4, 0.5) is 0 Å². The van der Waals surface area contributed by atoms with E-state index >= 15 is 0 Å². The van der Waals surface area contributed by atoms with Crippen molar-refractivity contribution in [1.29, 1.82) is 0 Å². The number of carbonyl (C=O) groups is 16. The number of aliphatic hydroxyl groups excluding tert-OH is 2. The van der Waals surface area contributed by atoms with Crippen molar-refractivity contribution >= 4 is 106 Å². The molecule has 0 bridgehead atoms. The number of aliphatic hydroxyl groups is 2. The molecule has 24 N–H and O–H groups in total. The average molecular weight is 1640 g/mol. The van der Waals surface area contributed by atoms with Crippen molar-refractivity contribution in [3.8, 4) is 0 Å². The monoisotopic (exact) mass is 1640 g/mol. The number of unbranched alkanes of at least 4 members (excludes halogenated alkanes) is 2. The maximum absolute atomic E-state index is 14.3. The molecule has 0 heterocycles. The van der Waals surface area contributed by atoms with Crippen molar-refractivity contribution in [2.75, 3.05) is 38.2 Å². The first kappa shape index (κ1) is 106. The molecule has 0 fully saturated rings. The second-order valence-electron chi connectivity index (χ2n) is 32.2. The molecule has 0 spiro atoms. The molecule has 0 rings (SSSR count). The topological polar surface area (TPSA) is 592 Å². The molecular formula is C76H140N18O19S. The van der Waals surface area contributed by atoms with Crippen molar-refractivity contribution in [3.05, 3.63) is 0 Å². The van der Waals surface area contributed by atoms with Gasteiger partial charge in [-0.3, -0.25) is 71.9 Å². The van der Waals surface area contributed by atoms with E-state index in [1.165, 1.54) is 39.5 Å². The van der Waals surface area contributed by atoms with Crippen LogP contribution in [0.1, 0.15) is 208 Å². The van der Waals surface area contributed by atoms with E-state index in [0.717, 1.165) is 0 Å². The van der Waals surface area contributed by atoms with Gasteiger partial charge in [-0.15, -0.1) is 0 Å². The lowest BCUT2D eigenvalue weighted by molar-refractivity contribution is -0.143. The maximum Gasteiger partial charge on any atom is 0.326 e. The summed E-state index contributed by atoms with van der Waals surface area (Å²) in [6, 6.07) is -19.8. The van der Waals surface area contributed by atoms with Gasteiger partial charge in [0.25, 0.3) is 0 Å². The minimum Gasteiger partial charge on any atom is -0.480 e. The van der Waals surface area contributed by atoms with Crippen LogP contribution >= 0.6 is 11.8 Å². The highest BCUT2D eigenvalue weighted by molar-refractivity contribution is 7.98. The molecule has 0 aliphatic heterocycles. The molecule has 654 valence electrons. The molecule has 16 atom stereocenters. The smallest absolute Gasteiger partial charge is 0.326 e. The summed E-state index contributed by atoms with van der Waals surface area (Å²) in [4.78, 5) is 218. The normalized spacial score (nSPS) is 15.7. The number of hydrogen-bond donors (Lipinski definition) is 21. The minimum atomic E-state index is -1.73. The van der Waals surface area contributed by atoms with Gasteiger partial charge in [0.1, 0.15) is 84.6 Å². The summed E-state index contributed by atoms with van der Waals surface area (Å²) in [5.41, 5.74) is 17.6. The lowest BCUT2D eigenvalue weighted by atomic mass is 9.99. The molecule has 0 aromatic heterocycles. The maximum atomic E-state index is 14.3. The molecule has 0 saturated carbocycles. The largest absolute Gasteiger partial charge is 0.480 e. The zero-order valence-corrected chi connectivity index (χ0v) is 71.3. The molecule has 38 heteroatoms. The van der Waals surface area contributed by atoms with Gasteiger partial charge in [-0.2, -0.15) is 11.8 Å². The Morgan fingerprint density at radius 2 is 0.614 bits per heavy atom. The van der Waals surface area contributed by atoms with Gasteiger partial charge in [0.15, 0.2) is 0 Å². The number of carbonyl (C=O) groups excluding carboxylic acids is 15. The third-order valence-corrected chi connectivity index (χ3v) is 18.6. The molecule has 37 nitrogen and oxygen atoms in total. The van der Waals surface area contributed by atoms with Crippen molar-refractivity contribution in [2.24, 2.45) is 58.6 Å². The number of rotatable bonds is 57. The zero-order valence-electron chi connectivity index (χ0n) is 70.5. The Balaban J connectivity index is 6.46. The number of thioether (sulfide) groups is 1. The van der Waals surface area contributed by atoms with E-state index in [4.69, 9.17) is 17.2 Å². The molecule has 15 amide bonds. The van der Waals surface area contributed by atoms with Crippen molar-refractivity contribution < 1.29 is 92.0 Å². The number of aliphatic carboxylic acids is 1. The van der Waals surface area contributed by atoms with Gasteiger partial charge in [-0.05, 0) is 178 Å². The first-order chi connectivity index (χ1) is 53.1. The van der Waals surface area contributed by atoms with Crippen LogP contribution in [0.5, 0.6) is 0 Å². The number of carboxylic acids is 1. The summed E-state index contributed by atoms with van der Waals surface area (Å²) in [7, 11) is 0. The molecular weight excluding hydrogens is 1500 g/mol. The van der Waals surface area contributed by atoms with Crippen LogP contribution in [0.3, 0.4) is 0 Å². The fourth-order valence-corrected chi connectivity index (χ4v) is 12.2. The van der Waals surface area contributed by atoms with Gasteiger partial charge < -0.3 is 112 Å². The fourth-order valence-electron chi connectivity index (χ4n) is 11.7. The molecule has 0 aliphatic carbocycles. The fraction of sp³-hybridized carbons (Fsp3) is 0.789. The predicted molar refractivity (Wildman–Crippen MR) is 432 cm³/mol. The standard InChI is InChI=1S/C76H140N18O19S/c1-38(2)30-52(68(104)82-46(16)63(99)81-45(15)62(98)80-36-59(97)93-60(44(13)14)74(110)91-57(76(112)113)35-43(11)12)88-71(107)56(34-42(9)10)89-73(109)58(37-95)92-72(108)54(32-40(5)6)86-64(100)47(17)83-69(105)53(31-39(3)4)90-75(111)61(48(18)96)94-67(103)51(25-21-23-28-78)85-70(106)55(33-41(7)8)87-66(102)50(24-20-22-27-77)84-65(101)49(79)26-29-114-19/h38-58,60-61,95-96H,20-37,77-79H2,1-19H3,(H,80,98)(H,81,99)(H,82,104)(H,83,105)(H,84,101)(H,85,106)(H,86,100)(H,87,102)(H,88,107)(H,89,109)(H,90,111)(H,91,110)(H,92,108)(H,93,97)(H,94,103)(H,112,113)/t45-,46-,47-,48+,49-,50-,51-,52-,53-,54-,55-,56-,57-,58-,60-,61-/m0/s1. The lowest BCUT2D eigenvalue weighted by Crippen LogP contribution is -2.62. The lowest BCUT2D eigenvalue weighted by Gasteiger charge is -2.29. The molecule has 0 aliphatic rings. The number of nitrogens with one attached hydrogen (secondary N) is 15. The number of hydrogen-bond acceptors (Lipinski definition) is 22. The van der Waals surface area contributed by atoms with Crippen LogP contribution in [-0.2, 0) is 76.7 Å². The van der Waals surface area contributed by atoms with E-state index in [-0.39, 0.29) is 93.4 Å². The Morgan fingerprint density at radius 3 is 0.974 bits per heavy atom. The summed E-state index contributed by atoms with van der Waals surface area (Å²) >= 11 is 1.50. The number of carboxylic acid groups (broad SMARTS) is 1. The van der Waals surface area contributed by atoms with E-state index in [1.807, 2.05) is 20.1 Å². The Kier molecular flexibility index (Phi) is 51.2. The van der Waals surface area contributed by atoms with Crippen LogP contribution in [0, 0.1) is 41.4 Å². The average Bonchev–Trinajstić information content (AvgIpc) is 0.853. The van der Waals surface area contributed by atoms with Crippen molar-refractivity contribution in [3.63, 3.8) is 0 Å². The Morgan fingerprint density at radius 1 is 0.325 bits per heavy atom. The highest BCUT2D eigenvalue weighted by Gasteiger charge is 2.39. The number of amides is 15. The van der Waals surface area contributed by atoms with Crippen LogP contribution in [0.15, 0.2) is 0 Å². The van der Waals surface area contributed by atoms with Gasteiger partial charge in [0, 0.05) is 0 Å². The zero-order chi connectivity index (χ0) is 87.6. The van der Waals surface area contributed by atoms with Gasteiger partial charge >= 0.3 is 5.97 Å². The predicted octanol–water partition coefficient (Wildman–Crippen LogP) is -2.32. The highest BCUT2D eigenvalue weighted by Crippen LogP contribution is 2.16. The first-order valence-corrected chi connectivity index (χ1v) is 41.2. The highest BCUT2D eigenvalue weighted by atomic mass is 32.2. The van der Waals surface area contributed by atoms with Crippen LogP contribution < -0.4 is 97.0 Å². The molecule has 0 saturated heterocycles. The first-order valence-electron chi connectivity index (χ1n) is 39.8. The molecule has 0 radical (unpaired) electrons. The van der Waals surface area contributed by atoms with Gasteiger partial charge in [-0.25, -0.2) is 4.79 Å². The summed E-state index contributed by atoms with van der Waals surface area (Å²) < 4.78 is 0. The van der Waals surface area contributed by atoms with Crippen LogP contribution in [0.25, 0.3) is 0 Å². The Labute approximate surface area is 676 Å². The quantitative estimate of drug-likeness (QED) is 0.0284. The second kappa shape index (κ2) is 55.3. The van der Waals surface area contributed by atoms with Crippen molar-refractivity contribution in [2.45, 2.75) is 305 Å². The summed E-state index contributed by atoms with van der Waals surface area (Å²) in [5, 5.41) is 69.5. The Bertz CT molecular complexity index is 3110. The third kappa shape index (κ3) is 42.3. The molecule has 0 unspecified atom stereocenters. The minimum absolute atomic E-state index is 0.00120. The van der Waals surface area contributed by atoms with Crippen LogP contribution in [0.2, 0.25) is 0 Å².